The van der Waals surface area contributed by atoms with Crippen LogP contribution in [0.3, 0.4) is 0 Å². The van der Waals surface area contributed by atoms with Gasteiger partial charge in [-0.25, -0.2) is 0 Å². The lowest BCUT2D eigenvalue weighted by atomic mass is 9.92. The Labute approximate surface area is 122 Å². The second-order valence-corrected chi connectivity index (χ2v) is 5.96. The van der Waals surface area contributed by atoms with Crippen molar-refractivity contribution in [3.8, 4) is 0 Å². The third-order valence-corrected chi connectivity index (χ3v) is 4.30. The van der Waals surface area contributed by atoms with E-state index >= 15 is 0 Å². The van der Waals surface area contributed by atoms with Gasteiger partial charge in [0.25, 0.3) is 5.91 Å². The molecule has 2 rings (SSSR count). The van der Waals surface area contributed by atoms with Crippen molar-refractivity contribution in [3.05, 3.63) is 35.4 Å². The molecule has 3 nitrogen and oxygen atoms in total. The van der Waals surface area contributed by atoms with Gasteiger partial charge in [-0.2, -0.15) is 0 Å². The number of likely N-dealkylation sites (tertiary alicyclic amines) is 1. The molecule has 3 heteroatoms. The molecule has 0 spiro atoms. The number of nitrogens with one attached hydrogen (secondary N) is 1. The fraction of sp³-hybridized carbons (Fsp3) is 0.588. The average Bonchev–Trinajstić information content (AvgIpc) is 2.46. The van der Waals surface area contributed by atoms with Gasteiger partial charge in [-0.05, 0) is 70.3 Å². The maximum Gasteiger partial charge on any atom is 0.251 e. The number of benzene rings is 1. The molecule has 1 aromatic carbocycles. The Kier molecular flexibility index (Phi) is 5.60. The monoisotopic (exact) mass is 274 g/mol. The van der Waals surface area contributed by atoms with Gasteiger partial charge in [0, 0.05) is 12.1 Å². The zero-order chi connectivity index (χ0) is 14.4. The normalized spacial score (nSPS) is 17.1. The Morgan fingerprint density at radius 3 is 2.70 bits per heavy atom. The fourth-order valence-corrected chi connectivity index (χ4v) is 2.87. The maximum absolute atomic E-state index is 12.0. The summed E-state index contributed by atoms with van der Waals surface area (Å²) in [5, 5.41) is 3.04. The van der Waals surface area contributed by atoms with Crippen LogP contribution in [0.4, 0.5) is 0 Å². The lowest BCUT2D eigenvalue weighted by Gasteiger charge is -2.28. The first-order valence-corrected chi connectivity index (χ1v) is 7.69. The molecule has 110 valence electrons. The van der Waals surface area contributed by atoms with Gasteiger partial charge in [0.15, 0.2) is 0 Å². The summed E-state index contributed by atoms with van der Waals surface area (Å²) in [6, 6.07) is 7.75. The Bertz CT molecular complexity index is 436. The Morgan fingerprint density at radius 1 is 1.30 bits per heavy atom. The van der Waals surface area contributed by atoms with Crippen LogP contribution in [0, 0.1) is 12.8 Å². The molecule has 0 saturated carbocycles. The highest BCUT2D eigenvalue weighted by atomic mass is 16.1. The first-order valence-electron chi connectivity index (χ1n) is 7.69. The van der Waals surface area contributed by atoms with E-state index in [1.165, 1.54) is 32.4 Å². The number of aryl methyl sites for hydroxylation is 1. The summed E-state index contributed by atoms with van der Waals surface area (Å²) in [5.41, 5.74) is 1.84. The SMILES string of the molecule is Cc1ccccc1C(=O)NCCCC1CCN(C)CC1. The number of hydrogen-bond acceptors (Lipinski definition) is 2. The Morgan fingerprint density at radius 2 is 2.00 bits per heavy atom. The molecule has 1 aliphatic heterocycles. The average molecular weight is 274 g/mol. The van der Waals surface area contributed by atoms with Crippen molar-refractivity contribution in [1.29, 1.82) is 0 Å². The molecular formula is C17H26N2O. The summed E-state index contributed by atoms with van der Waals surface area (Å²) in [4.78, 5) is 14.4. The second-order valence-electron chi connectivity index (χ2n) is 5.96. The third kappa shape index (κ3) is 4.34. The third-order valence-electron chi connectivity index (χ3n) is 4.30. The van der Waals surface area contributed by atoms with E-state index in [9.17, 15) is 4.79 Å². The molecule has 0 aromatic heterocycles. The number of carbonyl (C=O) groups excluding carboxylic acids is 1. The van der Waals surface area contributed by atoms with E-state index in [2.05, 4.69) is 17.3 Å². The van der Waals surface area contributed by atoms with E-state index in [0.717, 1.165) is 30.0 Å². The molecule has 20 heavy (non-hydrogen) atoms. The van der Waals surface area contributed by atoms with Crippen LogP contribution < -0.4 is 5.32 Å². The van der Waals surface area contributed by atoms with Gasteiger partial charge >= 0.3 is 0 Å². The smallest absolute Gasteiger partial charge is 0.251 e. The molecule has 1 amide bonds. The minimum absolute atomic E-state index is 0.0616. The van der Waals surface area contributed by atoms with Crippen molar-refractivity contribution in [2.45, 2.75) is 32.6 Å². The zero-order valence-electron chi connectivity index (χ0n) is 12.7. The van der Waals surface area contributed by atoms with Crippen molar-refractivity contribution >= 4 is 5.91 Å². The van der Waals surface area contributed by atoms with E-state index in [1.807, 2.05) is 31.2 Å². The summed E-state index contributed by atoms with van der Waals surface area (Å²) < 4.78 is 0. The van der Waals surface area contributed by atoms with E-state index in [1.54, 1.807) is 0 Å². The van der Waals surface area contributed by atoms with Gasteiger partial charge in [-0.3, -0.25) is 4.79 Å². The van der Waals surface area contributed by atoms with E-state index in [0.29, 0.717) is 0 Å². The number of rotatable bonds is 5. The van der Waals surface area contributed by atoms with Crippen LogP contribution in [0.15, 0.2) is 24.3 Å². The molecular weight excluding hydrogens is 248 g/mol. The van der Waals surface area contributed by atoms with Crippen molar-refractivity contribution in [3.63, 3.8) is 0 Å². The minimum Gasteiger partial charge on any atom is -0.352 e. The summed E-state index contributed by atoms with van der Waals surface area (Å²) >= 11 is 0. The Balaban J connectivity index is 1.66. The largest absolute Gasteiger partial charge is 0.352 e. The molecule has 0 unspecified atom stereocenters. The molecule has 1 saturated heterocycles. The second kappa shape index (κ2) is 7.44. The topological polar surface area (TPSA) is 32.3 Å². The van der Waals surface area contributed by atoms with Crippen molar-refractivity contribution in [2.75, 3.05) is 26.7 Å². The van der Waals surface area contributed by atoms with Crippen LogP contribution in [-0.2, 0) is 0 Å². The van der Waals surface area contributed by atoms with Crippen LogP contribution >= 0.6 is 0 Å². The lowest BCUT2D eigenvalue weighted by Crippen LogP contribution is -2.31. The van der Waals surface area contributed by atoms with Crippen LogP contribution in [0.25, 0.3) is 0 Å². The van der Waals surface area contributed by atoms with Crippen LogP contribution in [0.5, 0.6) is 0 Å². The summed E-state index contributed by atoms with van der Waals surface area (Å²) in [6.07, 6.45) is 4.94. The summed E-state index contributed by atoms with van der Waals surface area (Å²) in [6.45, 7) is 5.22. The lowest BCUT2D eigenvalue weighted by molar-refractivity contribution is 0.0951. The maximum atomic E-state index is 12.0. The first kappa shape index (κ1) is 15.0. The summed E-state index contributed by atoms with van der Waals surface area (Å²) in [5.74, 6) is 0.910. The predicted octanol–water partition coefficient (Wildman–Crippen LogP) is 2.85. The number of hydrogen-bond donors (Lipinski definition) is 1. The van der Waals surface area contributed by atoms with Crippen molar-refractivity contribution < 1.29 is 4.79 Å². The molecule has 1 N–H and O–H groups in total. The minimum atomic E-state index is 0.0616. The molecule has 0 atom stereocenters. The molecule has 1 heterocycles. The van der Waals surface area contributed by atoms with E-state index < -0.39 is 0 Å². The van der Waals surface area contributed by atoms with Gasteiger partial charge in [0.2, 0.25) is 0 Å². The predicted molar refractivity (Wildman–Crippen MR) is 83.0 cm³/mol. The number of piperidine rings is 1. The van der Waals surface area contributed by atoms with E-state index in [-0.39, 0.29) is 5.91 Å². The fourth-order valence-electron chi connectivity index (χ4n) is 2.87. The van der Waals surface area contributed by atoms with Gasteiger partial charge < -0.3 is 10.2 Å². The van der Waals surface area contributed by atoms with Gasteiger partial charge in [0.1, 0.15) is 0 Å². The van der Waals surface area contributed by atoms with Gasteiger partial charge in [-0.15, -0.1) is 0 Å². The molecule has 1 aliphatic rings. The van der Waals surface area contributed by atoms with Crippen molar-refractivity contribution in [1.82, 2.24) is 10.2 Å². The van der Waals surface area contributed by atoms with Crippen LogP contribution in [-0.4, -0.2) is 37.5 Å². The number of carbonyl (C=O) groups is 1. The quantitative estimate of drug-likeness (QED) is 0.837. The summed E-state index contributed by atoms with van der Waals surface area (Å²) in [7, 11) is 2.19. The number of nitrogens with zero attached hydrogens (tertiary/aromatic N) is 1. The molecule has 0 aliphatic carbocycles. The van der Waals surface area contributed by atoms with Crippen molar-refractivity contribution in [2.24, 2.45) is 5.92 Å². The molecule has 1 aromatic rings. The Hall–Kier alpha value is -1.35. The molecule has 1 fully saturated rings. The van der Waals surface area contributed by atoms with Crippen LogP contribution in [0.2, 0.25) is 0 Å². The number of amides is 1. The highest BCUT2D eigenvalue weighted by Gasteiger charge is 2.16. The standard InChI is InChI=1S/C17H26N2O/c1-14-6-3-4-8-16(14)17(20)18-11-5-7-15-9-12-19(2)13-10-15/h3-4,6,8,15H,5,7,9-13H2,1-2H3,(H,18,20). The first-order chi connectivity index (χ1) is 9.66. The van der Waals surface area contributed by atoms with Crippen LogP contribution in [0.1, 0.15) is 41.6 Å². The van der Waals surface area contributed by atoms with Gasteiger partial charge in [0.05, 0.1) is 0 Å². The van der Waals surface area contributed by atoms with E-state index in [4.69, 9.17) is 0 Å². The highest BCUT2D eigenvalue weighted by Crippen LogP contribution is 2.20. The molecule has 0 radical (unpaired) electrons. The molecule has 0 bridgehead atoms. The van der Waals surface area contributed by atoms with Gasteiger partial charge in [-0.1, -0.05) is 18.2 Å². The highest BCUT2D eigenvalue weighted by molar-refractivity contribution is 5.95. The zero-order valence-corrected chi connectivity index (χ0v) is 12.7.